The van der Waals surface area contributed by atoms with Crippen molar-refractivity contribution < 1.29 is 0 Å². The van der Waals surface area contributed by atoms with Gasteiger partial charge in [-0.05, 0) is 40.0 Å². The third-order valence-corrected chi connectivity index (χ3v) is 2.57. The predicted octanol–water partition coefficient (Wildman–Crippen LogP) is 4.65. The summed E-state index contributed by atoms with van der Waals surface area (Å²) < 4.78 is 0. The number of allylic oxidation sites excluding steroid dienone is 5. The fourth-order valence-corrected chi connectivity index (χ4v) is 1.27. The molecule has 0 unspecified atom stereocenters. The minimum atomic E-state index is 1.02. The summed E-state index contributed by atoms with van der Waals surface area (Å²) in [5.74, 6) is 0. The van der Waals surface area contributed by atoms with Crippen LogP contribution in [0.2, 0.25) is 0 Å². The molecule has 0 aromatic heterocycles. The lowest BCUT2D eigenvalue weighted by Gasteiger charge is -2.08. The minimum Gasteiger partial charge on any atom is -0.103 e. The van der Waals surface area contributed by atoms with E-state index in [1.165, 1.54) is 16.7 Å². The molecule has 0 heterocycles. The minimum absolute atomic E-state index is 1.02. The third kappa shape index (κ3) is 4.72. The molecule has 0 aromatic carbocycles. The molecule has 0 aliphatic carbocycles. The van der Waals surface area contributed by atoms with Crippen molar-refractivity contribution in [2.45, 2.75) is 47.0 Å². The van der Waals surface area contributed by atoms with Crippen molar-refractivity contribution in [3.63, 3.8) is 0 Å². The molecule has 0 bridgehead atoms. The lowest BCUT2D eigenvalue weighted by molar-refractivity contribution is 0.969. The summed E-state index contributed by atoms with van der Waals surface area (Å²) in [5, 5.41) is 0. The van der Waals surface area contributed by atoms with Gasteiger partial charge in [-0.2, -0.15) is 0 Å². The van der Waals surface area contributed by atoms with Crippen LogP contribution >= 0.6 is 0 Å². The highest BCUT2D eigenvalue weighted by Gasteiger charge is 1.98. The maximum absolute atomic E-state index is 3.76. The van der Waals surface area contributed by atoms with Gasteiger partial charge >= 0.3 is 0 Å². The highest BCUT2D eigenvalue weighted by molar-refractivity contribution is 5.19. The van der Waals surface area contributed by atoms with E-state index in [2.05, 4.69) is 40.3 Å². The highest BCUT2D eigenvalue weighted by atomic mass is 14.0. The Bertz CT molecular complexity index is 216. The van der Waals surface area contributed by atoms with E-state index in [1.54, 1.807) is 0 Å². The molecular weight excluding hydrogens is 156 g/mol. The van der Waals surface area contributed by atoms with Gasteiger partial charge in [0.1, 0.15) is 0 Å². The SMILES string of the molecule is C=CCC(=CC)CC(C)=C(C)CC. The van der Waals surface area contributed by atoms with Crippen LogP contribution in [0.3, 0.4) is 0 Å². The monoisotopic (exact) mass is 178 g/mol. The van der Waals surface area contributed by atoms with Gasteiger partial charge in [0.05, 0.1) is 0 Å². The van der Waals surface area contributed by atoms with Gasteiger partial charge in [0, 0.05) is 0 Å². The molecular formula is C13H22. The summed E-state index contributed by atoms with van der Waals surface area (Å²) in [6.07, 6.45) is 7.47. The van der Waals surface area contributed by atoms with Gasteiger partial charge in [-0.15, -0.1) is 6.58 Å². The zero-order valence-corrected chi connectivity index (χ0v) is 9.48. The molecule has 0 aromatic rings. The van der Waals surface area contributed by atoms with E-state index in [0.717, 1.165) is 19.3 Å². The van der Waals surface area contributed by atoms with Crippen LogP contribution in [0.25, 0.3) is 0 Å². The Labute approximate surface area is 83.0 Å². The fourth-order valence-electron chi connectivity index (χ4n) is 1.27. The lowest BCUT2D eigenvalue weighted by Crippen LogP contribution is -1.87. The summed E-state index contributed by atoms with van der Waals surface area (Å²) in [5.41, 5.74) is 4.50. The number of hydrogen-bond donors (Lipinski definition) is 0. The first-order valence-electron chi connectivity index (χ1n) is 5.05. The van der Waals surface area contributed by atoms with Crippen LogP contribution in [0.4, 0.5) is 0 Å². The molecule has 0 spiro atoms. The normalized spacial score (nSPS) is 14.0. The van der Waals surface area contributed by atoms with Gasteiger partial charge in [0.15, 0.2) is 0 Å². The van der Waals surface area contributed by atoms with Crippen molar-refractivity contribution >= 4 is 0 Å². The lowest BCUT2D eigenvalue weighted by atomic mass is 9.99. The maximum atomic E-state index is 3.76. The van der Waals surface area contributed by atoms with Crippen LogP contribution in [-0.2, 0) is 0 Å². The van der Waals surface area contributed by atoms with Crippen molar-refractivity contribution in [3.05, 3.63) is 35.5 Å². The van der Waals surface area contributed by atoms with Crippen LogP contribution < -0.4 is 0 Å². The summed E-state index contributed by atoms with van der Waals surface area (Å²) in [7, 11) is 0. The first-order valence-corrected chi connectivity index (χ1v) is 5.05. The second kappa shape index (κ2) is 6.71. The van der Waals surface area contributed by atoms with Gasteiger partial charge < -0.3 is 0 Å². The van der Waals surface area contributed by atoms with Crippen LogP contribution in [-0.4, -0.2) is 0 Å². The Kier molecular flexibility index (Phi) is 6.30. The second-order valence-corrected chi connectivity index (χ2v) is 3.53. The van der Waals surface area contributed by atoms with Crippen LogP contribution in [0.15, 0.2) is 35.5 Å². The summed E-state index contributed by atoms with van der Waals surface area (Å²) in [6, 6.07) is 0. The predicted molar refractivity (Wildman–Crippen MR) is 61.9 cm³/mol. The van der Waals surface area contributed by atoms with E-state index in [-0.39, 0.29) is 0 Å². The second-order valence-electron chi connectivity index (χ2n) is 3.53. The standard InChI is InChI=1S/C13H22/c1-6-9-13(8-3)10-12(5)11(4)7-2/h6,8H,1,7,9-10H2,2-5H3. The molecule has 0 aliphatic rings. The van der Waals surface area contributed by atoms with Crippen molar-refractivity contribution in [1.29, 1.82) is 0 Å². The molecule has 0 radical (unpaired) electrons. The van der Waals surface area contributed by atoms with E-state index < -0.39 is 0 Å². The van der Waals surface area contributed by atoms with Crippen LogP contribution in [0, 0.1) is 0 Å². The largest absolute Gasteiger partial charge is 0.103 e. The van der Waals surface area contributed by atoms with E-state index in [0.29, 0.717) is 0 Å². The van der Waals surface area contributed by atoms with E-state index >= 15 is 0 Å². The Morgan fingerprint density at radius 2 is 1.85 bits per heavy atom. The smallest absolute Gasteiger partial charge is 0.0106 e. The Morgan fingerprint density at radius 1 is 1.23 bits per heavy atom. The maximum Gasteiger partial charge on any atom is -0.0106 e. The average Bonchev–Trinajstić information content (AvgIpc) is 2.15. The molecule has 0 atom stereocenters. The molecule has 0 heteroatoms. The van der Waals surface area contributed by atoms with Crippen molar-refractivity contribution in [1.82, 2.24) is 0 Å². The molecule has 0 nitrogen and oxygen atoms in total. The molecule has 74 valence electrons. The molecule has 0 N–H and O–H groups in total. The fraction of sp³-hybridized carbons (Fsp3) is 0.538. The van der Waals surface area contributed by atoms with Gasteiger partial charge in [-0.25, -0.2) is 0 Å². The quantitative estimate of drug-likeness (QED) is 0.538. The molecule has 13 heavy (non-hydrogen) atoms. The average molecular weight is 178 g/mol. The highest BCUT2D eigenvalue weighted by Crippen LogP contribution is 2.18. The van der Waals surface area contributed by atoms with Crippen molar-refractivity contribution in [2.75, 3.05) is 0 Å². The van der Waals surface area contributed by atoms with E-state index in [9.17, 15) is 0 Å². The molecule has 0 saturated heterocycles. The van der Waals surface area contributed by atoms with Crippen LogP contribution in [0.1, 0.15) is 47.0 Å². The molecule has 0 fully saturated rings. The summed E-state index contributed by atoms with van der Waals surface area (Å²) >= 11 is 0. The van der Waals surface area contributed by atoms with Crippen molar-refractivity contribution in [3.8, 4) is 0 Å². The third-order valence-electron chi connectivity index (χ3n) is 2.57. The van der Waals surface area contributed by atoms with Crippen molar-refractivity contribution in [2.24, 2.45) is 0 Å². The molecule has 0 saturated carbocycles. The Morgan fingerprint density at radius 3 is 2.23 bits per heavy atom. The van der Waals surface area contributed by atoms with Gasteiger partial charge in [-0.1, -0.05) is 35.8 Å². The molecule has 0 amide bonds. The first kappa shape index (κ1) is 12.2. The topological polar surface area (TPSA) is 0 Å². The van der Waals surface area contributed by atoms with E-state index in [4.69, 9.17) is 0 Å². The van der Waals surface area contributed by atoms with Gasteiger partial charge in [0.2, 0.25) is 0 Å². The summed E-state index contributed by atoms with van der Waals surface area (Å²) in [6.45, 7) is 12.5. The molecule has 0 aliphatic heterocycles. The zero-order chi connectivity index (χ0) is 10.3. The van der Waals surface area contributed by atoms with Crippen LogP contribution in [0.5, 0.6) is 0 Å². The van der Waals surface area contributed by atoms with Gasteiger partial charge in [-0.3, -0.25) is 0 Å². The zero-order valence-electron chi connectivity index (χ0n) is 9.48. The Hall–Kier alpha value is -0.780. The summed E-state index contributed by atoms with van der Waals surface area (Å²) in [4.78, 5) is 0. The number of hydrogen-bond acceptors (Lipinski definition) is 0. The number of rotatable bonds is 5. The first-order chi connectivity index (χ1) is 6.15. The van der Waals surface area contributed by atoms with E-state index in [1.807, 2.05) is 6.08 Å². The Balaban J connectivity index is 4.33. The van der Waals surface area contributed by atoms with Gasteiger partial charge in [0.25, 0.3) is 0 Å². The molecule has 0 rings (SSSR count).